The summed E-state index contributed by atoms with van der Waals surface area (Å²) in [7, 11) is -6.88. The molecule has 0 bridgehead atoms. The van der Waals surface area contributed by atoms with Crippen molar-refractivity contribution in [2.75, 3.05) is 13.7 Å². The Morgan fingerprint density at radius 3 is 2.42 bits per heavy atom. The largest absolute Gasteiger partial charge is 0.461 e. The Morgan fingerprint density at radius 2 is 1.85 bits per heavy atom. The Balaban J connectivity index is 2.55. The number of aromatic nitrogens is 1. The minimum atomic E-state index is -4.28. The van der Waals surface area contributed by atoms with E-state index in [1.807, 2.05) is 13.8 Å². The van der Waals surface area contributed by atoms with Crippen LogP contribution in [0.5, 0.6) is 0 Å². The van der Waals surface area contributed by atoms with Crippen molar-refractivity contribution in [1.82, 2.24) is 3.97 Å². The fourth-order valence-corrected chi connectivity index (χ4v) is 7.18. The van der Waals surface area contributed by atoms with E-state index in [0.717, 1.165) is 3.97 Å². The van der Waals surface area contributed by atoms with Gasteiger partial charge in [-0.15, -0.1) is 0 Å². The van der Waals surface area contributed by atoms with E-state index >= 15 is 0 Å². The molecule has 1 atom stereocenters. The van der Waals surface area contributed by atoms with Crippen LogP contribution in [0.3, 0.4) is 0 Å². The monoisotopic (exact) mass is 509 g/mol. The van der Waals surface area contributed by atoms with Gasteiger partial charge in [-0.2, -0.15) is 0 Å². The molecule has 1 unspecified atom stereocenters. The van der Waals surface area contributed by atoms with Gasteiger partial charge in [0.2, 0.25) is 0 Å². The summed E-state index contributed by atoms with van der Waals surface area (Å²) in [6.07, 6.45) is 1.68. The van der Waals surface area contributed by atoms with Crippen LogP contribution in [0.2, 0.25) is 5.02 Å². The van der Waals surface area contributed by atoms with Gasteiger partial charge in [-0.1, -0.05) is 49.7 Å². The molecule has 33 heavy (non-hydrogen) atoms. The molecule has 0 spiro atoms. The summed E-state index contributed by atoms with van der Waals surface area (Å²) in [6.45, 7) is 5.37. The van der Waals surface area contributed by atoms with Crippen LogP contribution in [-0.4, -0.2) is 32.1 Å². The number of esters is 1. The zero-order chi connectivity index (χ0) is 24.4. The van der Waals surface area contributed by atoms with Gasteiger partial charge >= 0.3 is 5.97 Å². The normalized spacial score (nSPS) is 14.1. The summed E-state index contributed by atoms with van der Waals surface area (Å²) in [5.41, 5.74) is -0.243. The minimum Gasteiger partial charge on any atom is -0.461 e. The highest BCUT2D eigenvalue weighted by atomic mass is 35.5. The van der Waals surface area contributed by atoms with Crippen molar-refractivity contribution >= 4 is 51.2 Å². The number of benzene rings is 2. The summed E-state index contributed by atoms with van der Waals surface area (Å²) in [5, 5.41) is 0.435. The zero-order valence-electron chi connectivity index (χ0n) is 18.7. The summed E-state index contributed by atoms with van der Waals surface area (Å²) in [6, 6.07) is 12.1. The third-order valence-corrected chi connectivity index (χ3v) is 9.01. The number of ether oxygens (including phenoxy) is 1. The van der Waals surface area contributed by atoms with Gasteiger partial charge in [-0.3, -0.25) is 4.57 Å². The van der Waals surface area contributed by atoms with E-state index in [1.54, 1.807) is 31.2 Å². The Kier molecular flexibility index (Phi) is 7.54. The predicted molar refractivity (Wildman–Crippen MR) is 130 cm³/mol. The van der Waals surface area contributed by atoms with Crippen LogP contribution < -0.4 is 5.30 Å². The average Bonchev–Trinajstić information content (AvgIpc) is 3.14. The number of hydrogen-bond donors (Lipinski definition) is 0. The Hall–Kier alpha value is -2.38. The molecule has 0 aliphatic heterocycles. The number of allylic oxidation sites excluding steroid dienone is 1. The van der Waals surface area contributed by atoms with E-state index in [4.69, 9.17) is 20.9 Å². The molecule has 0 aliphatic carbocycles. The minimum absolute atomic E-state index is 0.00887. The molecule has 2 aromatic carbocycles. The lowest BCUT2D eigenvalue weighted by atomic mass is 10.2. The van der Waals surface area contributed by atoms with Gasteiger partial charge in [0.1, 0.15) is 0 Å². The van der Waals surface area contributed by atoms with Crippen LogP contribution in [0.4, 0.5) is 0 Å². The van der Waals surface area contributed by atoms with E-state index in [1.165, 1.54) is 43.3 Å². The molecule has 0 radical (unpaired) electrons. The SMILES string of the molecule is CCOC(=O)c1c(P(=O)(/C=C/C(C)C)OC)c2cc(Cl)ccc2n1S(=O)(=O)c1ccccc1. The summed E-state index contributed by atoms with van der Waals surface area (Å²) in [4.78, 5) is 13.1. The van der Waals surface area contributed by atoms with Gasteiger partial charge in [0.25, 0.3) is 17.4 Å². The van der Waals surface area contributed by atoms with Crippen LogP contribution in [-0.2, 0) is 23.8 Å². The number of rotatable bonds is 8. The van der Waals surface area contributed by atoms with Crippen LogP contribution >= 0.6 is 19.0 Å². The molecule has 0 fully saturated rings. The van der Waals surface area contributed by atoms with E-state index in [2.05, 4.69) is 0 Å². The third-order valence-electron chi connectivity index (χ3n) is 4.86. The maximum atomic E-state index is 14.1. The van der Waals surface area contributed by atoms with Gasteiger partial charge in [0, 0.05) is 23.3 Å². The highest BCUT2D eigenvalue weighted by molar-refractivity contribution is 7.90. The highest BCUT2D eigenvalue weighted by Gasteiger charge is 2.39. The maximum Gasteiger partial charge on any atom is 0.356 e. The second-order valence-electron chi connectivity index (χ2n) is 7.53. The first-order valence-electron chi connectivity index (χ1n) is 10.2. The molecule has 1 aromatic heterocycles. The maximum absolute atomic E-state index is 14.1. The molecule has 176 valence electrons. The quantitative estimate of drug-likeness (QED) is 0.297. The average molecular weight is 510 g/mol. The molecule has 0 N–H and O–H groups in total. The molecule has 0 saturated carbocycles. The van der Waals surface area contributed by atoms with E-state index < -0.39 is 23.4 Å². The fourth-order valence-electron chi connectivity index (χ4n) is 3.37. The lowest BCUT2D eigenvalue weighted by Crippen LogP contribution is -2.25. The van der Waals surface area contributed by atoms with Crippen molar-refractivity contribution in [3.63, 3.8) is 0 Å². The second-order valence-corrected chi connectivity index (χ2v) is 12.1. The Bertz CT molecular complexity index is 1360. The van der Waals surface area contributed by atoms with Gasteiger partial charge < -0.3 is 9.26 Å². The lowest BCUT2D eigenvalue weighted by molar-refractivity contribution is 0.0520. The topological polar surface area (TPSA) is 91.7 Å². The van der Waals surface area contributed by atoms with Crippen LogP contribution in [0.1, 0.15) is 31.3 Å². The third kappa shape index (κ3) is 4.80. The van der Waals surface area contributed by atoms with Crippen LogP contribution in [0.25, 0.3) is 10.9 Å². The number of fused-ring (bicyclic) bond motifs is 1. The van der Waals surface area contributed by atoms with Gasteiger partial charge in [0.15, 0.2) is 5.69 Å². The van der Waals surface area contributed by atoms with Crippen molar-refractivity contribution in [2.24, 2.45) is 5.92 Å². The summed E-state index contributed by atoms with van der Waals surface area (Å²) >= 11 is 6.22. The fraction of sp³-hybridized carbons (Fsp3) is 0.261. The van der Waals surface area contributed by atoms with Gasteiger partial charge in [-0.25, -0.2) is 17.2 Å². The zero-order valence-corrected chi connectivity index (χ0v) is 21.2. The highest BCUT2D eigenvalue weighted by Crippen LogP contribution is 2.51. The lowest BCUT2D eigenvalue weighted by Gasteiger charge is -2.16. The number of hydrogen-bond acceptors (Lipinski definition) is 6. The van der Waals surface area contributed by atoms with Crippen LogP contribution in [0.15, 0.2) is 65.3 Å². The van der Waals surface area contributed by atoms with Crippen molar-refractivity contribution in [3.05, 3.63) is 71.1 Å². The Labute approximate surface area is 198 Å². The smallest absolute Gasteiger partial charge is 0.356 e. The first kappa shape index (κ1) is 25.2. The van der Waals surface area contributed by atoms with E-state index in [-0.39, 0.29) is 44.3 Å². The second kappa shape index (κ2) is 9.85. The molecule has 10 heteroatoms. The van der Waals surface area contributed by atoms with Crippen molar-refractivity contribution < 1.29 is 27.0 Å². The first-order chi connectivity index (χ1) is 15.6. The molecule has 1 heterocycles. The number of halogens is 1. The molecular weight excluding hydrogens is 485 g/mol. The standard InChI is InChI=1S/C23H25ClNO6PS/c1-5-31-23(26)21-22(32(27,30-4)14-13-16(2)3)19-15-17(24)11-12-20(19)25(21)33(28,29)18-9-7-6-8-10-18/h6-16H,5H2,1-4H3/b14-13+. The van der Waals surface area contributed by atoms with E-state index in [0.29, 0.717) is 0 Å². The molecule has 3 rings (SSSR count). The molecule has 7 nitrogen and oxygen atoms in total. The molecule has 0 aliphatic rings. The van der Waals surface area contributed by atoms with E-state index in [9.17, 15) is 17.8 Å². The molecular formula is C23H25ClNO6PS. The predicted octanol–water partition coefficient (Wildman–Crippen LogP) is 5.43. The number of carbonyl (C=O) groups excluding carboxylic acids is 1. The van der Waals surface area contributed by atoms with Gasteiger partial charge in [0.05, 0.1) is 22.3 Å². The summed E-state index contributed by atoms with van der Waals surface area (Å²) < 4.78 is 53.0. The molecule has 0 amide bonds. The van der Waals surface area contributed by atoms with Crippen molar-refractivity contribution in [2.45, 2.75) is 25.7 Å². The van der Waals surface area contributed by atoms with Crippen molar-refractivity contribution in [3.8, 4) is 0 Å². The first-order valence-corrected chi connectivity index (χ1v) is 13.7. The number of carbonyl (C=O) groups is 1. The Morgan fingerprint density at radius 1 is 1.18 bits per heavy atom. The number of nitrogens with zero attached hydrogens (tertiary/aromatic N) is 1. The molecule has 0 saturated heterocycles. The van der Waals surface area contributed by atoms with Crippen molar-refractivity contribution in [1.29, 1.82) is 0 Å². The van der Waals surface area contributed by atoms with Gasteiger partial charge in [-0.05, 0) is 43.2 Å². The summed E-state index contributed by atoms with van der Waals surface area (Å²) in [5.74, 6) is 0.481. The van der Waals surface area contributed by atoms with Crippen LogP contribution in [0, 0.1) is 5.92 Å². The molecule has 3 aromatic rings.